The van der Waals surface area contributed by atoms with E-state index < -0.39 is 0 Å². The van der Waals surface area contributed by atoms with E-state index in [2.05, 4.69) is 219 Å². The fraction of sp³-hybridized carbons (Fsp3) is 0.0370. The summed E-state index contributed by atoms with van der Waals surface area (Å²) in [6.45, 7) is 4.22. The van der Waals surface area contributed by atoms with Crippen molar-refractivity contribution < 1.29 is 8.83 Å². The summed E-state index contributed by atoms with van der Waals surface area (Å²) >= 11 is 9.35. The third-order valence-corrected chi connectivity index (χ3v) is 12.8. The van der Waals surface area contributed by atoms with Gasteiger partial charge in [0.1, 0.15) is 11.2 Å². The molecule has 0 amide bonds. The van der Waals surface area contributed by atoms with Gasteiger partial charge in [-0.25, -0.2) is 0 Å². The van der Waals surface area contributed by atoms with Crippen molar-refractivity contribution in [3.63, 3.8) is 0 Å². The van der Waals surface area contributed by atoms with Gasteiger partial charge in [-0.05, 0) is 119 Å². The van der Waals surface area contributed by atoms with Gasteiger partial charge in [-0.1, -0.05) is 97.1 Å². The number of nitrogens with zero attached hydrogens (tertiary/aromatic N) is 2. The van der Waals surface area contributed by atoms with E-state index in [1.54, 1.807) is 0 Å². The molecule has 0 N–H and O–H groups in total. The molecule has 2 aromatic heterocycles. The van der Waals surface area contributed by atoms with Crippen LogP contribution < -0.4 is 9.80 Å². The predicted octanol–water partition coefficient (Wildman–Crippen LogP) is 16.5. The Balaban J connectivity index is 1.13. The van der Waals surface area contributed by atoms with Crippen molar-refractivity contribution in [1.29, 1.82) is 0 Å². The smallest absolute Gasteiger partial charge is 0.159 e. The third kappa shape index (κ3) is 5.21. The first-order valence-corrected chi connectivity index (χ1v) is 21.0. The Morgan fingerprint density at radius 2 is 0.700 bits per heavy atom. The lowest BCUT2D eigenvalue weighted by atomic mass is 9.91. The highest BCUT2D eigenvalue weighted by atomic mass is 32.1. The predicted molar refractivity (Wildman–Crippen MR) is 258 cm³/mol. The lowest BCUT2D eigenvalue weighted by Crippen LogP contribution is -2.12. The van der Waals surface area contributed by atoms with Gasteiger partial charge in [0.25, 0.3) is 0 Å². The van der Waals surface area contributed by atoms with Crippen LogP contribution in [-0.2, 0) is 0 Å². The highest BCUT2D eigenvalue weighted by Gasteiger charge is 2.26. The SMILES string of the molecule is Cc1cccc2c1oc1c(N(c3ccc(S)cc3)c3ccc4ccc5c(N(c6ccc(S)cc6)c6cccc7c6oc6c(C)cccc67)ccc6ccc3c4c65)cccc12. The Bertz CT molecular complexity index is 3420. The van der Waals surface area contributed by atoms with Gasteiger partial charge < -0.3 is 18.6 Å². The standard InChI is InChI=1S/C54H36N2O2S2/c1-31-7-3-9-39-41-11-5-13-47(53(41)57-51(31)39)55(35-19-23-37(59)24-20-35)45-29-17-33-16-28-44-46(30-18-34-15-27-43(45)49(33)50(34)44)56(36-21-25-38(60)26-22-36)48-14-6-12-42-40-10-4-8-32(2)52(40)58-54(42)48/h3-30,59-60H,1-2H3. The Morgan fingerprint density at radius 3 is 1.12 bits per heavy atom. The molecule has 0 fully saturated rings. The number of thiol groups is 2. The van der Waals surface area contributed by atoms with Crippen molar-refractivity contribution in [1.82, 2.24) is 0 Å². The van der Waals surface area contributed by atoms with E-state index in [4.69, 9.17) is 8.83 Å². The van der Waals surface area contributed by atoms with Gasteiger partial charge in [0.15, 0.2) is 11.2 Å². The molecule has 0 spiro atoms. The number of para-hydroxylation sites is 4. The summed E-state index contributed by atoms with van der Waals surface area (Å²) in [6.07, 6.45) is 0. The fourth-order valence-corrected chi connectivity index (χ4v) is 9.72. The third-order valence-electron chi connectivity index (χ3n) is 12.2. The van der Waals surface area contributed by atoms with Crippen LogP contribution in [0.1, 0.15) is 11.1 Å². The summed E-state index contributed by atoms with van der Waals surface area (Å²) in [7, 11) is 0. The molecule has 2 heterocycles. The Kier molecular flexibility index (Phi) is 7.80. The summed E-state index contributed by atoms with van der Waals surface area (Å²) in [4.78, 5) is 6.49. The lowest BCUT2D eigenvalue weighted by Gasteiger charge is -2.29. The van der Waals surface area contributed by atoms with Crippen LogP contribution in [0, 0.1) is 13.8 Å². The zero-order valence-electron chi connectivity index (χ0n) is 32.8. The quantitative estimate of drug-likeness (QED) is 0.129. The van der Waals surface area contributed by atoms with E-state index >= 15 is 0 Å². The number of hydrogen-bond acceptors (Lipinski definition) is 6. The molecule has 286 valence electrons. The van der Waals surface area contributed by atoms with Crippen LogP contribution >= 0.6 is 25.3 Å². The summed E-state index contributed by atoms with van der Waals surface area (Å²) in [6, 6.07) is 60.5. The van der Waals surface area contributed by atoms with Gasteiger partial charge in [-0.15, -0.1) is 25.3 Å². The van der Waals surface area contributed by atoms with Crippen molar-refractivity contribution in [2.75, 3.05) is 9.80 Å². The molecule has 6 heteroatoms. The summed E-state index contributed by atoms with van der Waals surface area (Å²) in [5, 5.41) is 11.4. The Morgan fingerprint density at radius 1 is 0.333 bits per heavy atom. The molecule has 0 unspecified atom stereocenters. The van der Waals surface area contributed by atoms with Gasteiger partial charge in [-0.3, -0.25) is 0 Å². The maximum Gasteiger partial charge on any atom is 0.159 e. The zero-order chi connectivity index (χ0) is 40.2. The van der Waals surface area contributed by atoms with Crippen LogP contribution in [0.25, 0.3) is 76.2 Å². The molecular formula is C54H36N2O2S2. The first-order chi connectivity index (χ1) is 29.4. The fourth-order valence-electron chi connectivity index (χ4n) is 9.42. The number of fused-ring (bicyclic) bond motifs is 6. The summed E-state index contributed by atoms with van der Waals surface area (Å²) < 4.78 is 13.6. The van der Waals surface area contributed by atoms with Gasteiger partial charge in [-0.2, -0.15) is 0 Å². The van der Waals surface area contributed by atoms with Crippen LogP contribution in [-0.4, -0.2) is 0 Å². The van der Waals surface area contributed by atoms with E-state index in [0.29, 0.717) is 0 Å². The first kappa shape index (κ1) is 35.1. The van der Waals surface area contributed by atoms with E-state index in [-0.39, 0.29) is 0 Å². The van der Waals surface area contributed by atoms with E-state index in [9.17, 15) is 0 Å². The molecule has 0 saturated carbocycles. The molecule has 0 radical (unpaired) electrons. The largest absolute Gasteiger partial charge is 0.454 e. The zero-order valence-corrected chi connectivity index (χ0v) is 34.6. The Labute approximate surface area is 357 Å². The number of furan rings is 2. The van der Waals surface area contributed by atoms with Gasteiger partial charge >= 0.3 is 0 Å². The summed E-state index contributed by atoms with van der Waals surface area (Å²) in [5.74, 6) is 0. The lowest BCUT2D eigenvalue weighted by molar-refractivity contribution is 0.665. The number of aryl methyl sites for hydroxylation is 2. The molecule has 0 saturated heterocycles. The Hall–Kier alpha value is -6.86. The van der Waals surface area contributed by atoms with E-state index in [0.717, 1.165) is 110 Å². The van der Waals surface area contributed by atoms with Crippen LogP contribution in [0.5, 0.6) is 0 Å². The molecule has 0 bridgehead atoms. The first-order valence-electron chi connectivity index (χ1n) is 20.1. The van der Waals surface area contributed by atoms with Gasteiger partial charge in [0.05, 0.1) is 22.7 Å². The van der Waals surface area contributed by atoms with Crippen molar-refractivity contribution in [2.24, 2.45) is 0 Å². The second kappa shape index (κ2) is 13.3. The average molecular weight is 809 g/mol. The van der Waals surface area contributed by atoms with Crippen molar-refractivity contribution >= 4 is 136 Å². The highest BCUT2D eigenvalue weighted by Crippen LogP contribution is 2.50. The average Bonchev–Trinajstić information content (AvgIpc) is 3.86. The number of rotatable bonds is 6. The maximum atomic E-state index is 6.80. The minimum atomic E-state index is 0.850. The molecule has 12 aromatic rings. The number of benzene rings is 10. The van der Waals surface area contributed by atoms with Crippen molar-refractivity contribution in [3.8, 4) is 0 Å². The normalized spacial score (nSPS) is 12.0. The molecule has 0 atom stereocenters. The van der Waals surface area contributed by atoms with Crippen LogP contribution in [0.2, 0.25) is 0 Å². The van der Waals surface area contributed by atoms with Crippen LogP contribution in [0.4, 0.5) is 34.1 Å². The maximum absolute atomic E-state index is 6.80. The molecule has 60 heavy (non-hydrogen) atoms. The van der Waals surface area contributed by atoms with Gasteiger partial charge in [0, 0.05) is 53.5 Å². The topological polar surface area (TPSA) is 32.8 Å². The number of hydrogen-bond donors (Lipinski definition) is 2. The number of anilines is 6. The minimum absolute atomic E-state index is 0.850. The highest BCUT2D eigenvalue weighted by molar-refractivity contribution is 7.80. The second-order valence-electron chi connectivity index (χ2n) is 15.7. The molecule has 0 aliphatic heterocycles. The molecule has 10 aromatic carbocycles. The molecule has 4 nitrogen and oxygen atoms in total. The molecular weight excluding hydrogens is 773 g/mol. The van der Waals surface area contributed by atoms with Crippen molar-refractivity contribution in [3.05, 3.63) is 181 Å². The minimum Gasteiger partial charge on any atom is -0.454 e. The monoisotopic (exact) mass is 808 g/mol. The molecule has 0 aliphatic carbocycles. The van der Waals surface area contributed by atoms with Crippen LogP contribution in [0.15, 0.2) is 188 Å². The van der Waals surface area contributed by atoms with Gasteiger partial charge in [0.2, 0.25) is 0 Å². The van der Waals surface area contributed by atoms with E-state index in [1.807, 2.05) is 0 Å². The van der Waals surface area contributed by atoms with E-state index in [1.165, 1.54) is 21.5 Å². The van der Waals surface area contributed by atoms with Crippen LogP contribution in [0.3, 0.4) is 0 Å². The second-order valence-corrected chi connectivity index (χ2v) is 16.7. The summed E-state index contributed by atoms with van der Waals surface area (Å²) in [5.41, 5.74) is 11.8. The van der Waals surface area contributed by atoms with Crippen molar-refractivity contribution in [2.45, 2.75) is 23.6 Å². The molecule has 0 aliphatic rings. The molecule has 12 rings (SSSR count).